The SMILES string of the molecule is Cc1ccc(N(C(=O)c2cnccn2)C(C(=O)Nc2ccc(F)cc2)c2ccccc2)cc1. The fourth-order valence-electron chi connectivity index (χ4n) is 3.42. The van der Waals surface area contributed by atoms with Crippen LogP contribution in [0.25, 0.3) is 0 Å². The molecule has 1 atom stereocenters. The molecule has 2 amide bonds. The Morgan fingerprint density at radius 1 is 0.909 bits per heavy atom. The third-order valence-corrected chi connectivity index (χ3v) is 5.05. The van der Waals surface area contributed by atoms with Gasteiger partial charge in [0.2, 0.25) is 0 Å². The van der Waals surface area contributed by atoms with Gasteiger partial charge < -0.3 is 5.32 Å². The van der Waals surface area contributed by atoms with E-state index in [1.165, 1.54) is 47.8 Å². The smallest absolute Gasteiger partial charge is 0.279 e. The largest absolute Gasteiger partial charge is 0.324 e. The fourth-order valence-corrected chi connectivity index (χ4v) is 3.42. The van der Waals surface area contributed by atoms with Gasteiger partial charge in [0.1, 0.15) is 17.6 Å². The molecule has 0 saturated heterocycles. The number of carbonyl (C=O) groups excluding carboxylic acids is 2. The summed E-state index contributed by atoms with van der Waals surface area (Å²) in [5, 5.41) is 2.80. The first kappa shape index (κ1) is 21.8. The summed E-state index contributed by atoms with van der Waals surface area (Å²) in [7, 11) is 0. The summed E-state index contributed by atoms with van der Waals surface area (Å²) >= 11 is 0. The number of amides is 2. The number of aryl methyl sites for hydroxylation is 1. The Morgan fingerprint density at radius 3 is 2.24 bits per heavy atom. The molecule has 4 aromatic rings. The second-order valence-electron chi connectivity index (χ2n) is 7.41. The van der Waals surface area contributed by atoms with Crippen LogP contribution < -0.4 is 10.2 Å². The lowest BCUT2D eigenvalue weighted by Crippen LogP contribution is -2.42. The van der Waals surface area contributed by atoms with Gasteiger partial charge in [-0.2, -0.15) is 0 Å². The van der Waals surface area contributed by atoms with E-state index in [0.717, 1.165) is 5.56 Å². The van der Waals surface area contributed by atoms with Crippen LogP contribution in [0.1, 0.15) is 27.7 Å². The van der Waals surface area contributed by atoms with Crippen LogP contribution in [0.2, 0.25) is 0 Å². The molecule has 7 heteroatoms. The average molecular weight is 440 g/mol. The highest BCUT2D eigenvalue weighted by atomic mass is 19.1. The van der Waals surface area contributed by atoms with Crippen LogP contribution in [0.4, 0.5) is 15.8 Å². The molecule has 0 aliphatic rings. The van der Waals surface area contributed by atoms with Gasteiger partial charge in [0.25, 0.3) is 11.8 Å². The van der Waals surface area contributed by atoms with Crippen molar-refractivity contribution in [3.63, 3.8) is 0 Å². The average Bonchev–Trinajstić information content (AvgIpc) is 2.85. The first-order valence-electron chi connectivity index (χ1n) is 10.3. The van der Waals surface area contributed by atoms with Gasteiger partial charge in [-0.25, -0.2) is 9.37 Å². The maximum absolute atomic E-state index is 13.6. The zero-order valence-electron chi connectivity index (χ0n) is 17.9. The first-order chi connectivity index (χ1) is 16.0. The van der Waals surface area contributed by atoms with Crippen LogP contribution >= 0.6 is 0 Å². The van der Waals surface area contributed by atoms with Crippen LogP contribution in [-0.2, 0) is 4.79 Å². The Balaban J connectivity index is 1.82. The molecule has 3 aromatic carbocycles. The number of anilines is 2. The molecule has 4 rings (SSSR count). The number of rotatable bonds is 6. The van der Waals surface area contributed by atoms with E-state index < -0.39 is 23.7 Å². The lowest BCUT2D eigenvalue weighted by molar-refractivity contribution is -0.117. The van der Waals surface area contributed by atoms with E-state index in [1.807, 2.05) is 25.1 Å². The lowest BCUT2D eigenvalue weighted by Gasteiger charge is -2.31. The van der Waals surface area contributed by atoms with E-state index in [0.29, 0.717) is 16.9 Å². The highest BCUT2D eigenvalue weighted by molar-refractivity contribution is 6.11. The fraction of sp³-hybridized carbons (Fsp3) is 0.0769. The summed E-state index contributed by atoms with van der Waals surface area (Å²) < 4.78 is 13.3. The molecule has 6 nitrogen and oxygen atoms in total. The van der Waals surface area contributed by atoms with Crippen LogP contribution in [0.5, 0.6) is 0 Å². The predicted octanol–water partition coefficient (Wildman–Crippen LogP) is 4.95. The molecule has 1 heterocycles. The molecule has 33 heavy (non-hydrogen) atoms. The van der Waals surface area contributed by atoms with Crippen molar-refractivity contribution in [2.75, 3.05) is 10.2 Å². The van der Waals surface area contributed by atoms with Crippen molar-refractivity contribution in [1.29, 1.82) is 0 Å². The van der Waals surface area contributed by atoms with Gasteiger partial charge in [-0.05, 0) is 48.9 Å². The second-order valence-corrected chi connectivity index (χ2v) is 7.41. The quantitative estimate of drug-likeness (QED) is 0.460. The summed E-state index contributed by atoms with van der Waals surface area (Å²) in [6.45, 7) is 1.94. The second kappa shape index (κ2) is 9.82. The molecule has 0 aliphatic heterocycles. The van der Waals surface area contributed by atoms with Gasteiger partial charge in [-0.15, -0.1) is 0 Å². The van der Waals surface area contributed by atoms with Crippen molar-refractivity contribution in [1.82, 2.24) is 9.97 Å². The number of benzene rings is 3. The standard InChI is InChI=1S/C26H21FN4O2/c1-18-7-13-22(14-8-18)31(26(33)23-17-28-15-16-29-23)24(19-5-3-2-4-6-19)25(32)30-21-11-9-20(27)10-12-21/h2-17,24H,1H3,(H,30,32). The highest BCUT2D eigenvalue weighted by Crippen LogP contribution is 2.30. The van der Waals surface area contributed by atoms with E-state index in [4.69, 9.17) is 0 Å². The molecule has 1 aromatic heterocycles. The van der Waals surface area contributed by atoms with Gasteiger partial charge in [-0.3, -0.25) is 19.5 Å². The molecular formula is C26H21FN4O2. The van der Waals surface area contributed by atoms with Crippen molar-refractivity contribution in [2.24, 2.45) is 0 Å². The topological polar surface area (TPSA) is 75.2 Å². The van der Waals surface area contributed by atoms with E-state index in [9.17, 15) is 14.0 Å². The number of nitrogens with zero attached hydrogens (tertiary/aromatic N) is 3. The van der Waals surface area contributed by atoms with Gasteiger partial charge >= 0.3 is 0 Å². The highest BCUT2D eigenvalue weighted by Gasteiger charge is 2.34. The molecule has 1 N–H and O–H groups in total. The molecule has 0 radical (unpaired) electrons. The van der Waals surface area contributed by atoms with Crippen molar-refractivity contribution >= 4 is 23.2 Å². The molecule has 0 aliphatic carbocycles. The van der Waals surface area contributed by atoms with Crippen LogP contribution in [0, 0.1) is 12.7 Å². The van der Waals surface area contributed by atoms with Crippen LogP contribution in [0.3, 0.4) is 0 Å². The maximum Gasteiger partial charge on any atom is 0.279 e. The number of aromatic nitrogens is 2. The molecule has 0 bridgehead atoms. The van der Waals surface area contributed by atoms with Gasteiger partial charge in [0.15, 0.2) is 0 Å². The Bertz CT molecular complexity index is 1230. The maximum atomic E-state index is 13.6. The normalized spacial score (nSPS) is 11.5. The van der Waals surface area contributed by atoms with E-state index >= 15 is 0 Å². The van der Waals surface area contributed by atoms with E-state index in [2.05, 4.69) is 15.3 Å². The van der Waals surface area contributed by atoms with Crippen LogP contribution in [-0.4, -0.2) is 21.8 Å². The van der Waals surface area contributed by atoms with Crippen molar-refractivity contribution in [2.45, 2.75) is 13.0 Å². The van der Waals surface area contributed by atoms with Gasteiger partial charge in [0.05, 0.1) is 6.20 Å². The zero-order valence-corrected chi connectivity index (χ0v) is 17.9. The molecule has 0 saturated carbocycles. The summed E-state index contributed by atoms with van der Waals surface area (Å²) in [6.07, 6.45) is 4.27. The lowest BCUT2D eigenvalue weighted by atomic mass is 10.0. The number of hydrogen-bond donors (Lipinski definition) is 1. The van der Waals surface area contributed by atoms with Crippen molar-refractivity contribution in [3.05, 3.63) is 120 Å². The number of hydrogen-bond acceptors (Lipinski definition) is 4. The molecule has 164 valence electrons. The van der Waals surface area contributed by atoms with Crippen LogP contribution in [0.15, 0.2) is 97.5 Å². The molecule has 0 fully saturated rings. The Labute approximate surface area is 190 Å². The van der Waals surface area contributed by atoms with Crippen molar-refractivity contribution in [3.8, 4) is 0 Å². The summed E-state index contributed by atoms with van der Waals surface area (Å²) in [5.41, 5.74) is 2.67. The van der Waals surface area contributed by atoms with Gasteiger partial charge in [0, 0.05) is 23.8 Å². The third-order valence-electron chi connectivity index (χ3n) is 5.05. The monoisotopic (exact) mass is 440 g/mol. The minimum Gasteiger partial charge on any atom is -0.324 e. The number of halogens is 1. The van der Waals surface area contributed by atoms with Gasteiger partial charge in [-0.1, -0.05) is 48.0 Å². The Hall–Kier alpha value is -4.39. The minimum absolute atomic E-state index is 0.105. The third kappa shape index (κ3) is 5.10. The zero-order chi connectivity index (χ0) is 23.2. The van der Waals surface area contributed by atoms with E-state index in [-0.39, 0.29) is 5.69 Å². The number of carbonyl (C=O) groups is 2. The summed E-state index contributed by atoms with van der Waals surface area (Å²) in [4.78, 5) is 36.8. The predicted molar refractivity (Wildman–Crippen MR) is 124 cm³/mol. The molecular weight excluding hydrogens is 419 g/mol. The molecule has 0 spiro atoms. The summed E-state index contributed by atoms with van der Waals surface area (Å²) in [5.74, 6) is -1.34. The Morgan fingerprint density at radius 2 is 1.61 bits per heavy atom. The van der Waals surface area contributed by atoms with Crippen molar-refractivity contribution < 1.29 is 14.0 Å². The number of nitrogens with one attached hydrogen (secondary N) is 1. The summed E-state index contributed by atoms with van der Waals surface area (Å²) in [6, 6.07) is 20.7. The Kier molecular flexibility index (Phi) is 6.50. The molecule has 1 unspecified atom stereocenters. The minimum atomic E-state index is -1.02. The van der Waals surface area contributed by atoms with E-state index in [1.54, 1.807) is 36.4 Å². The first-order valence-corrected chi connectivity index (χ1v) is 10.3.